The van der Waals surface area contributed by atoms with Gasteiger partial charge in [0.15, 0.2) is 0 Å². The molecule has 1 fully saturated rings. The van der Waals surface area contributed by atoms with Gasteiger partial charge in [-0.2, -0.15) is 0 Å². The predicted octanol–water partition coefficient (Wildman–Crippen LogP) is 0.326. The quantitative estimate of drug-likeness (QED) is 0.399. The Kier molecular flexibility index (Phi) is 8.47. The molecule has 1 aromatic rings. The normalized spacial score (nSPS) is 18.1. The van der Waals surface area contributed by atoms with Crippen LogP contribution in [0.2, 0.25) is 0 Å². The summed E-state index contributed by atoms with van der Waals surface area (Å²) in [5.74, 6) is -2.87. The van der Waals surface area contributed by atoms with E-state index in [9.17, 15) is 4.79 Å². The van der Waals surface area contributed by atoms with Crippen molar-refractivity contribution >= 4 is 18.0 Å². The molecule has 154 valence electrons. The van der Waals surface area contributed by atoms with E-state index in [1.807, 2.05) is 11.0 Å². The highest BCUT2D eigenvalue weighted by molar-refractivity contribution is 6.27. The van der Waals surface area contributed by atoms with Gasteiger partial charge in [0.05, 0.1) is 0 Å². The molecule has 2 amide bonds. The maximum absolute atomic E-state index is 11.6. The number of pyridine rings is 1. The average Bonchev–Trinajstić information content (AvgIpc) is 2.69. The molecule has 1 saturated heterocycles. The molecule has 28 heavy (non-hydrogen) atoms. The third kappa shape index (κ3) is 7.03. The molecule has 1 aromatic heterocycles. The number of carbonyl (C=O) groups excluding carboxylic acids is 1. The molecule has 0 saturated carbocycles. The number of urea groups is 1. The van der Waals surface area contributed by atoms with Gasteiger partial charge in [-0.05, 0) is 38.3 Å². The molecule has 10 nitrogen and oxygen atoms in total. The fourth-order valence-electron chi connectivity index (χ4n) is 2.95. The summed E-state index contributed by atoms with van der Waals surface area (Å²) >= 11 is 0. The third-order valence-corrected chi connectivity index (χ3v) is 4.37. The Labute approximate surface area is 162 Å². The van der Waals surface area contributed by atoms with E-state index in [4.69, 9.17) is 24.5 Å². The summed E-state index contributed by atoms with van der Waals surface area (Å²) in [6.45, 7) is 4.23. The lowest BCUT2D eigenvalue weighted by Gasteiger charge is -2.28. The van der Waals surface area contributed by atoms with E-state index in [1.54, 1.807) is 6.20 Å². The Bertz CT molecular complexity index is 672. The maximum atomic E-state index is 11.6. The molecular formula is C18H26N4O6. The summed E-state index contributed by atoms with van der Waals surface area (Å²) in [4.78, 5) is 36.0. The SMILES string of the molecule is O=C(O)C(=O)O.O=C1NCCCN1CCCNCC1CCc2cccnc2O1. The molecule has 3 rings (SSSR count). The molecule has 2 aliphatic heterocycles. The molecule has 1 atom stereocenters. The summed E-state index contributed by atoms with van der Waals surface area (Å²) in [6, 6.07) is 4.11. The minimum absolute atomic E-state index is 0.0737. The van der Waals surface area contributed by atoms with Crippen LogP contribution in [-0.2, 0) is 16.0 Å². The number of nitrogens with zero attached hydrogens (tertiary/aromatic N) is 2. The fraction of sp³-hybridized carbons (Fsp3) is 0.556. The minimum atomic E-state index is -1.82. The van der Waals surface area contributed by atoms with E-state index in [-0.39, 0.29) is 12.1 Å². The van der Waals surface area contributed by atoms with Crippen molar-refractivity contribution in [3.05, 3.63) is 23.9 Å². The number of carboxylic acid groups (broad SMARTS) is 2. The van der Waals surface area contributed by atoms with Crippen molar-refractivity contribution in [2.45, 2.75) is 31.8 Å². The van der Waals surface area contributed by atoms with Crippen LogP contribution >= 0.6 is 0 Å². The van der Waals surface area contributed by atoms with Gasteiger partial charge in [0.1, 0.15) is 6.10 Å². The third-order valence-electron chi connectivity index (χ3n) is 4.37. The highest BCUT2D eigenvalue weighted by Gasteiger charge is 2.20. The highest BCUT2D eigenvalue weighted by atomic mass is 16.5. The van der Waals surface area contributed by atoms with Crippen LogP contribution < -0.4 is 15.4 Å². The smallest absolute Gasteiger partial charge is 0.414 e. The first kappa shape index (κ1) is 21.4. The molecule has 10 heteroatoms. The van der Waals surface area contributed by atoms with Gasteiger partial charge in [0.2, 0.25) is 5.88 Å². The van der Waals surface area contributed by atoms with Crippen LogP contribution in [0.4, 0.5) is 4.79 Å². The van der Waals surface area contributed by atoms with E-state index >= 15 is 0 Å². The molecule has 0 radical (unpaired) electrons. The van der Waals surface area contributed by atoms with Crippen molar-refractivity contribution in [3.8, 4) is 5.88 Å². The Morgan fingerprint density at radius 1 is 1.36 bits per heavy atom. The van der Waals surface area contributed by atoms with Crippen LogP contribution in [0.15, 0.2) is 18.3 Å². The molecule has 0 bridgehead atoms. The van der Waals surface area contributed by atoms with Crippen molar-refractivity contribution in [2.75, 3.05) is 32.7 Å². The molecule has 2 aliphatic rings. The highest BCUT2D eigenvalue weighted by Crippen LogP contribution is 2.24. The van der Waals surface area contributed by atoms with Crippen molar-refractivity contribution in [1.29, 1.82) is 0 Å². The number of carbonyl (C=O) groups is 3. The molecule has 0 spiro atoms. The predicted molar refractivity (Wildman–Crippen MR) is 99.3 cm³/mol. The van der Waals surface area contributed by atoms with Crippen molar-refractivity contribution in [3.63, 3.8) is 0 Å². The first-order chi connectivity index (χ1) is 13.5. The van der Waals surface area contributed by atoms with Crippen molar-refractivity contribution in [2.24, 2.45) is 0 Å². The molecular weight excluding hydrogens is 368 g/mol. The van der Waals surface area contributed by atoms with Gasteiger partial charge < -0.3 is 30.5 Å². The number of ether oxygens (including phenoxy) is 1. The Morgan fingerprint density at radius 3 is 2.86 bits per heavy atom. The number of hydrogen-bond donors (Lipinski definition) is 4. The lowest BCUT2D eigenvalue weighted by molar-refractivity contribution is -0.159. The molecule has 1 unspecified atom stereocenters. The van der Waals surface area contributed by atoms with Crippen LogP contribution in [0, 0.1) is 0 Å². The maximum Gasteiger partial charge on any atom is 0.414 e. The van der Waals surface area contributed by atoms with Crippen LogP contribution in [0.1, 0.15) is 24.8 Å². The first-order valence-corrected chi connectivity index (χ1v) is 9.27. The van der Waals surface area contributed by atoms with Crippen LogP contribution in [0.5, 0.6) is 5.88 Å². The van der Waals surface area contributed by atoms with Gasteiger partial charge in [-0.25, -0.2) is 19.4 Å². The summed E-state index contributed by atoms with van der Waals surface area (Å²) in [6.07, 6.45) is 6.04. The van der Waals surface area contributed by atoms with Gasteiger partial charge in [0.25, 0.3) is 0 Å². The van der Waals surface area contributed by atoms with Gasteiger partial charge in [-0.1, -0.05) is 6.07 Å². The topological polar surface area (TPSA) is 141 Å². The minimum Gasteiger partial charge on any atom is -0.473 e. The first-order valence-electron chi connectivity index (χ1n) is 9.27. The average molecular weight is 394 g/mol. The number of rotatable bonds is 6. The Hall–Kier alpha value is -2.88. The largest absolute Gasteiger partial charge is 0.473 e. The Balaban J connectivity index is 0.000000409. The number of aryl methyl sites for hydroxylation is 1. The Morgan fingerprint density at radius 2 is 2.14 bits per heavy atom. The number of amides is 2. The zero-order chi connectivity index (χ0) is 20.4. The lowest BCUT2D eigenvalue weighted by Crippen LogP contribution is -2.47. The fourth-order valence-corrected chi connectivity index (χ4v) is 2.95. The van der Waals surface area contributed by atoms with E-state index in [0.29, 0.717) is 0 Å². The molecule has 0 aliphatic carbocycles. The summed E-state index contributed by atoms with van der Waals surface area (Å²) in [7, 11) is 0. The second-order valence-electron chi connectivity index (χ2n) is 6.49. The van der Waals surface area contributed by atoms with Gasteiger partial charge in [0, 0.05) is 37.9 Å². The second kappa shape index (κ2) is 11.1. The van der Waals surface area contributed by atoms with Crippen LogP contribution in [-0.4, -0.2) is 76.9 Å². The van der Waals surface area contributed by atoms with E-state index in [1.165, 1.54) is 5.56 Å². The van der Waals surface area contributed by atoms with E-state index < -0.39 is 11.9 Å². The van der Waals surface area contributed by atoms with Crippen LogP contribution in [0.25, 0.3) is 0 Å². The summed E-state index contributed by atoms with van der Waals surface area (Å²) < 4.78 is 5.90. The number of nitrogens with one attached hydrogen (secondary N) is 2. The standard InChI is InChI=1S/C16H24N4O2.C2H2O4/c21-16-19-9-3-11-20(16)10-2-7-17-12-14-6-5-13-4-1-8-18-15(13)22-14;3-1(4)2(5)6/h1,4,8,14,17H,2-3,5-7,9-12H2,(H,19,21);(H,3,4)(H,5,6). The summed E-state index contributed by atoms with van der Waals surface area (Å²) in [5, 5.41) is 21.1. The molecule has 3 heterocycles. The van der Waals surface area contributed by atoms with Crippen LogP contribution in [0.3, 0.4) is 0 Å². The van der Waals surface area contributed by atoms with E-state index in [0.717, 1.165) is 64.3 Å². The zero-order valence-corrected chi connectivity index (χ0v) is 15.6. The molecule has 4 N–H and O–H groups in total. The van der Waals surface area contributed by atoms with Crippen molar-refractivity contribution in [1.82, 2.24) is 20.5 Å². The second-order valence-corrected chi connectivity index (χ2v) is 6.49. The van der Waals surface area contributed by atoms with Gasteiger partial charge >= 0.3 is 18.0 Å². The zero-order valence-electron chi connectivity index (χ0n) is 15.6. The van der Waals surface area contributed by atoms with E-state index in [2.05, 4.69) is 21.7 Å². The summed E-state index contributed by atoms with van der Waals surface area (Å²) in [5.41, 5.74) is 1.20. The number of aromatic nitrogens is 1. The number of hydrogen-bond acceptors (Lipinski definition) is 6. The van der Waals surface area contributed by atoms with Crippen molar-refractivity contribution < 1.29 is 29.3 Å². The monoisotopic (exact) mass is 394 g/mol. The number of fused-ring (bicyclic) bond motifs is 1. The van der Waals surface area contributed by atoms with Gasteiger partial charge in [-0.15, -0.1) is 0 Å². The number of carboxylic acids is 2. The van der Waals surface area contributed by atoms with Gasteiger partial charge in [-0.3, -0.25) is 0 Å². The molecule has 0 aromatic carbocycles. The number of aliphatic carboxylic acids is 2. The lowest BCUT2D eigenvalue weighted by atomic mass is 10.1.